The predicted octanol–water partition coefficient (Wildman–Crippen LogP) is 5.47. The second kappa shape index (κ2) is 11.3. The van der Waals surface area contributed by atoms with Gasteiger partial charge in [-0.1, -0.05) is 62.1 Å². The van der Waals surface area contributed by atoms with E-state index in [1.54, 1.807) is 21.3 Å². The third-order valence-electron chi connectivity index (χ3n) is 4.95. The van der Waals surface area contributed by atoms with E-state index < -0.39 is 8.80 Å². The highest BCUT2D eigenvalue weighted by atomic mass is 28.4. The molecule has 2 aromatic carbocycles. The van der Waals surface area contributed by atoms with Crippen LogP contribution in [0, 0.1) is 0 Å². The fourth-order valence-electron chi connectivity index (χ4n) is 3.33. The van der Waals surface area contributed by atoms with Gasteiger partial charge in [0.25, 0.3) is 0 Å². The molecule has 0 radical (unpaired) electrons. The molecule has 0 aliphatic rings. The molecule has 0 unspecified atom stereocenters. The van der Waals surface area contributed by atoms with E-state index in [1.807, 2.05) is 0 Å². The normalized spacial score (nSPS) is 11.8. The van der Waals surface area contributed by atoms with E-state index in [0.717, 1.165) is 19.0 Å². The Labute approximate surface area is 159 Å². The number of anilines is 1. The average Bonchev–Trinajstić information content (AvgIpc) is 2.70. The van der Waals surface area contributed by atoms with Gasteiger partial charge in [-0.2, -0.15) is 0 Å². The van der Waals surface area contributed by atoms with E-state index in [1.165, 1.54) is 48.6 Å². The second-order valence-corrected chi connectivity index (χ2v) is 9.71. The Kier molecular flexibility index (Phi) is 9.12. The molecule has 2 aromatic rings. The minimum atomic E-state index is -2.37. The van der Waals surface area contributed by atoms with Crippen LogP contribution in [0.15, 0.2) is 42.5 Å². The molecule has 0 amide bonds. The fraction of sp³-hybridized carbons (Fsp3) is 0.524. The molecule has 144 valence electrons. The third-order valence-corrected chi connectivity index (χ3v) is 7.78. The molecular weight excluding hydrogens is 342 g/mol. The van der Waals surface area contributed by atoms with E-state index in [2.05, 4.69) is 47.8 Å². The first-order chi connectivity index (χ1) is 12.7. The lowest BCUT2D eigenvalue weighted by atomic mass is 10.1. The lowest BCUT2D eigenvalue weighted by molar-refractivity contribution is 0.122. The Morgan fingerprint density at radius 1 is 0.731 bits per heavy atom. The summed E-state index contributed by atoms with van der Waals surface area (Å²) in [5.41, 5.74) is 1.24. The number of nitrogens with one attached hydrogen (secondary N) is 1. The van der Waals surface area contributed by atoms with Gasteiger partial charge in [-0.15, -0.1) is 0 Å². The molecule has 0 aromatic heterocycles. The van der Waals surface area contributed by atoms with Crippen molar-refractivity contribution in [1.82, 2.24) is 0 Å². The molecule has 2 rings (SSSR count). The monoisotopic (exact) mass is 375 g/mol. The number of fused-ring (bicyclic) bond motifs is 1. The van der Waals surface area contributed by atoms with Gasteiger partial charge in [0, 0.05) is 45.0 Å². The van der Waals surface area contributed by atoms with Crippen molar-refractivity contribution >= 4 is 25.3 Å². The average molecular weight is 376 g/mol. The quantitative estimate of drug-likeness (QED) is 0.372. The fourth-order valence-corrected chi connectivity index (χ4v) is 5.13. The van der Waals surface area contributed by atoms with Crippen LogP contribution in [-0.4, -0.2) is 36.7 Å². The van der Waals surface area contributed by atoms with Crippen molar-refractivity contribution < 1.29 is 13.3 Å². The minimum absolute atomic E-state index is 0.902. The zero-order chi connectivity index (χ0) is 18.7. The summed E-state index contributed by atoms with van der Waals surface area (Å²) < 4.78 is 16.4. The molecule has 4 nitrogen and oxygen atoms in total. The van der Waals surface area contributed by atoms with Gasteiger partial charge in [0.1, 0.15) is 0 Å². The molecule has 0 aliphatic carbocycles. The van der Waals surface area contributed by atoms with Crippen LogP contribution in [0.2, 0.25) is 6.04 Å². The highest BCUT2D eigenvalue weighted by Gasteiger charge is 2.36. The van der Waals surface area contributed by atoms with E-state index in [-0.39, 0.29) is 0 Å². The third kappa shape index (κ3) is 6.09. The summed E-state index contributed by atoms with van der Waals surface area (Å²) in [4.78, 5) is 0. The molecule has 0 fully saturated rings. The molecule has 0 spiro atoms. The highest BCUT2D eigenvalue weighted by Crippen LogP contribution is 2.23. The van der Waals surface area contributed by atoms with Crippen LogP contribution in [0.3, 0.4) is 0 Å². The molecule has 26 heavy (non-hydrogen) atoms. The summed E-state index contributed by atoms with van der Waals surface area (Å²) in [6, 6.07) is 15.9. The number of hydrogen-bond acceptors (Lipinski definition) is 4. The van der Waals surface area contributed by atoms with E-state index in [4.69, 9.17) is 13.3 Å². The van der Waals surface area contributed by atoms with Crippen molar-refractivity contribution in [3.05, 3.63) is 42.5 Å². The van der Waals surface area contributed by atoms with Gasteiger partial charge in [0.2, 0.25) is 0 Å². The van der Waals surface area contributed by atoms with Crippen LogP contribution in [0.25, 0.3) is 10.8 Å². The number of benzene rings is 2. The predicted molar refractivity (Wildman–Crippen MR) is 112 cm³/mol. The van der Waals surface area contributed by atoms with Crippen LogP contribution in [-0.2, 0) is 13.3 Å². The van der Waals surface area contributed by atoms with E-state index in [9.17, 15) is 0 Å². The van der Waals surface area contributed by atoms with Crippen LogP contribution < -0.4 is 5.32 Å². The van der Waals surface area contributed by atoms with Crippen molar-refractivity contribution in [2.45, 2.75) is 44.6 Å². The van der Waals surface area contributed by atoms with E-state index in [0.29, 0.717) is 0 Å². The maximum absolute atomic E-state index is 5.45. The highest BCUT2D eigenvalue weighted by molar-refractivity contribution is 6.60. The molecule has 0 bridgehead atoms. The Bertz CT molecular complexity index is 632. The minimum Gasteiger partial charge on any atom is -0.385 e. The number of rotatable bonds is 13. The number of hydrogen-bond donors (Lipinski definition) is 1. The van der Waals surface area contributed by atoms with Gasteiger partial charge >= 0.3 is 8.80 Å². The first-order valence-corrected chi connectivity index (χ1v) is 11.5. The summed E-state index contributed by atoms with van der Waals surface area (Å²) in [5, 5.41) is 6.18. The molecular formula is C21H33NO3Si. The summed E-state index contributed by atoms with van der Waals surface area (Å²) in [7, 11) is 2.68. The smallest absolute Gasteiger partial charge is 0.385 e. The summed E-state index contributed by atoms with van der Waals surface area (Å²) in [6.07, 6.45) is 7.32. The first-order valence-electron chi connectivity index (χ1n) is 9.62. The standard InChI is InChI=1S/C21H33NO3Si/c1-23-26(24-2,25-3)18-11-7-5-4-6-10-17-22-21-16-12-14-19-13-8-9-15-20(19)21/h8-9,12-16,22H,4-7,10-11,17-18H2,1-3H3. The molecule has 0 saturated heterocycles. The van der Waals surface area contributed by atoms with Crippen molar-refractivity contribution in [3.63, 3.8) is 0 Å². The van der Waals surface area contributed by atoms with Crippen LogP contribution >= 0.6 is 0 Å². The van der Waals surface area contributed by atoms with Crippen LogP contribution in [0.4, 0.5) is 5.69 Å². The van der Waals surface area contributed by atoms with Gasteiger partial charge in [-0.25, -0.2) is 0 Å². The molecule has 0 atom stereocenters. The second-order valence-electron chi connectivity index (χ2n) is 6.62. The van der Waals surface area contributed by atoms with Crippen molar-refractivity contribution in [2.24, 2.45) is 0 Å². The van der Waals surface area contributed by atoms with E-state index >= 15 is 0 Å². The largest absolute Gasteiger partial charge is 0.500 e. The Morgan fingerprint density at radius 2 is 1.35 bits per heavy atom. The Morgan fingerprint density at radius 3 is 2.08 bits per heavy atom. The summed E-state index contributed by atoms with van der Waals surface area (Å²) >= 11 is 0. The van der Waals surface area contributed by atoms with Crippen LogP contribution in [0.1, 0.15) is 38.5 Å². The van der Waals surface area contributed by atoms with Crippen molar-refractivity contribution in [1.29, 1.82) is 0 Å². The van der Waals surface area contributed by atoms with Crippen LogP contribution in [0.5, 0.6) is 0 Å². The SMILES string of the molecule is CO[Si](CCCCCCCCNc1cccc2ccccc12)(OC)OC. The first kappa shape index (κ1) is 20.9. The topological polar surface area (TPSA) is 39.7 Å². The maximum Gasteiger partial charge on any atom is 0.500 e. The van der Waals surface area contributed by atoms with Gasteiger partial charge < -0.3 is 18.6 Å². The van der Waals surface area contributed by atoms with Crippen molar-refractivity contribution in [2.75, 3.05) is 33.2 Å². The summed E-state index contributed by atoms with van der Waals surface area (Å²) in [6.45, 7) is 1.03. The zero-order valence-corrected chi connectivity index (χ0v) is 17.4. The molecule has 0 saturated carbocycles. The van der Waals surface area contributed by atoms with Gasteiger partial charge in [-0.3, -0.25) is 0 Å². The lowest BCUT2D eigenvalue weighted by Crippen LogP contribution is -2.42. The molecule has 5 heteroatoms. The number of unbranched alkanes of at least 4 members (excludes halogenated alkanes) is 5. The molecule has 0 heterocycles. The zero-order valence-electron chi connectivity index (χ0n) is 16.4. The summed E-state index contributed by atoms with van der Waals surface area (Å²) in [5.74, 6) is 0. The lowest BCUT2D eigenvalue weighted by Gasteiger charge is -2.24. The van der Waals surface area contributed by atoms with Crippen molar-refractivity contribution in [3.8, 4) is 0 Å². The van der Waals surface area contributed by atoms with Gasteiger partial charge in [0.05, 0.1) is 0 Å². The van der Waals surface area contributed by atoms with Gasteiger partial charge in [-0.05, 0) is 24.3 Å². The molecule has 1 N–H and O–H groups in total. The maximum atomic E-state index is 5.45. The van der Waals surface area contributed by atoms with Gasteiger partial charge in [0.15, 0.2) is 0 Å². The molecule has 0 aliphatic heterocycles. The Balaban J connectivity index is 1.57. The Hall–Kier alpha value is -1.40.